The Labute approximate surface area is 299 Å². The summed E-state index contributed by atoms with van der Waals surface area (Å²) in [6.07, 6.45) is 0. The summed E-state index contributed by atoms with van der Waals surface area (Å²) in [4.78, 5) is 15.1. The summed E-state index contributed by atoms with van der Waals surface area (Å²) >= 11 is 3.70. The molecule has 0 spiro atoms. The highest BCUT2D eigenvalue weighted by Gasteiger charge is 2.17. The number of furan rings is 1. The minimum atomic E-state index is 0.608. The minimum Gasteiger partial charge on any atom is -0.456 e. The van der Waals surface area contributed by atoms with Gasteiger partial charge in [0.2, 0.25) is 0 Å². The fourth-order valence-electron chi connectivity index (χ4n) is 7.27. The maximum atomic E-state index is 6.23. The van der Waals surface area contributed by atoms with Gasteiger partial charge in [0.25, 0.3) is 0 Å². The molecule has 6 heteroatoms. The zero-order valence-corrected chi connectivity index (χ0v) is 28.6. The van der Waals surface area contributed by atoms with Crippen LogP contribution in [-0.2, 0) is 0 Å². The van der Waals surface area contributed by atoms with Crippen LogP contribution in [0.5, 0.6) is 0 Å². The van der Waals surface area contributed by atoms with Crippen molar-refractivity contribution in [1.82, 2.24) is 15.0 Å². The summed E-state index contributed by atoms with van der Waals surface area (Å²) in [6.45, 7) is 0. The van der Waals surface area contributed by atoms with E-state index in [1.54, 1.807) is 0 Å². The molecule has 0 saturated heterocycles. The lowest BCUT2D eigenvalue weighted by atomic mass is 10.0. The van der Waals surface area contributed by atoms with Crippen LogP contribution in [0.3, 0.4) is 0 Å². The monoisotopic (exact) mass is 687 g/mol. The molecule has 4 heterocycles. The van der Waals surface area contributed by atoms with Crippen LogP contribution < -0.4 is 0 Å². The van der Waals surface area contributed by atoms with Gasteiger partial charge in [0.15, 0.2) is 17.5 Å². The first kappa shape index (κ1) is 28.6. The second kappa shape index (κ2) is 11.2. The maximum absolute atomic E-state index is 6.23. The normalized spacial score (nSPS) is 11.9. The quantitative estimate of drug-likeness (QED) is 0.185. The molecule has 0 bridgehead atoms. The fraction of sp³-hybridized carbons (Fsp3) is 0. The molecule has 0 fully saturated rings. The molecule has 0 aliphatic carbocycles. The lowest BCUT2D eigenvalue weighted by molar-refractivity contribution is 0.669. The highest BCUT2D eigenvalue weighted by atomic mass is 32.1. The Kier molecular flexibility index (Phi) is 6.26. The van der Waals surface area contributed by atoms with Gasteiger partial charge in [-0.05, 0) is 59.7 Å². The van der Waals surface area contributed by atoms with Gasteiger partial charge in [-0.2, -0.15) is 0 Å². The van der Waals surface area contributed by atoms with Gasteiger partial charge in [-0.1, -0.05) is 103 Å². The van der Waals surface area contributed by atoms with Gasteiger partial charge in [-0.15, -0.1) is 22.7 Å². The van der Waals surface area contributed by atoms with Gasteiger partial charge in [0.05, 0.1) is 0 Å². The number of aromatic nitrogens is 3. The van der Waals surface area contributed by atoms with Crippen molar-refractivity contribution in [3.63, 3.8) is 0 Å². The molecule has 4 aromatic heterocycles. The lowest BCUT2D eigenvalue weighted by Gasteiger charge is -2.09. The topological polar surface area (TPSA) is 51.8 Å². The van der Waals surface area contributed by atoms with Crippen molar-refractivity contribution in [2.45, 2.75) is 0 Å². The third-order valence-electron chi connectivity index (χ3n) is 9.75. The van der Waals surface area contributed by atoms with Gasteiger partial charge >= 0.3 is 0 Å². The van der Waals surface area contributed by atoms with Gasteiger partial charge in [-0.3, -0.25) is 0 Å². The van der Waals surface area contributed by atoms with Gasteiger partial charge < -0.3 is 4.42 Å². The molecule has 0 aliphatic heterocycles. The Morgan fingerprint density at radius 1 is 0.353 bits per heavy atom. The fourth-order valence-corrected chi connectivity index (χ4v) is 9.64. The zero-order chi connectivity index (χ0) is 33.5. The van der Waals surface area contributed by atoms with E-state index < -0.39 is 0 Å². The Morgan fingerprint density at radius 2 is 0.980 bits per heavy atom. The average molecular weight is 688 g/mol. The van der Waals surface area contributed by atoms with Crippen LogP contribution in [0.25, 0.3) is 108 Å². The molecule has 0 amide bonds. The van der Waals surface area contributed by atoms with E-state index in [0.29, 0.717) is 17.5 Å². The van der Waals surface area contributed by atoms with Crippen LogP contribution in [0.1, 0.15) is 0 Å². The van der Waals surface area contributed by atoms with Crippen molar-refractivity contribution in [3.8, 4) is 45.3 Å². The molecule has 0 saturated carbocycles. The van der Waals surface area contributed by atoms with Crippen molar-refractivity contribution in [2.75, 3.05) is 0 Å². The molecule has 4 nitrogen and oxygen atoms in total. The van der Waals surface area contributed by atoms with E-state index in [9.17, 15) is 0 Å². The van der Waals surface area contributed by atoms with Crippen molar-refractivity contribution < 1.29 is 4.42 Å². The largest absolute Gasteiger partial charge is 0.456 e. The molecule has 0 atom stereocenters. The lowest BCUT2D eigenvalue weighted by Crippen LogP contribution is -2.00. The highest BCUT2D eigenvalue weighted by molar-refractivity contribution is 7.26. The molecular weight excluding hydrogens is 663 g/mol. The molecule has 0 unspecified atom stereocenters. The Bertz CT molecular complexity index is 3160. The molecular formula is C45H25N3OS2. The molecule has 0 aliphatic rings. The number of para-hydroxylation sites is 1. The standard InChI is InChI=1S/C45H25N3OS2/c1-2-9-26(10-3-1)43-46-44(48-45(47-43)29-18-20-32-31-11-4-6-15-37(31)49-38(32)24-29)28-19-22-40-36(23-28)34-21-17-27(25-41(34)50-40)30-13-8-14-35-33-12-5-7-16-39(33)51-42(30)35/h1-25H. The zero-order valence-electron chi connectivity index (χ0n) is 27.0. The minimum absolute atomic E-state index is 0.608. The predicted molar refractivity (Wildman–Crippen MR) is 215 cm³/mol. The molecule has 11 aromatic rings. The molecule has 0 radical (unpaired) electrons. The van der Waals surface area contributed by atoms with Gasteiger partial charge in [0.1, 0.15) is 11.2 Å². The van der Waals surface area contributed by atoms with Crippen molar-refractivity contribution >= 4 is 85.0 Å². The maximum Gasteiger partial charge on any atom is 0.164 e. The van der Waals surface area contributed by atoms with E-state index in [1.165, 1.54) is 51.5 Å². The van der Waals surface area contributed by atoms with Crippen LogP contribution in [0.4, 0.5) is 0 Å². The van der Waals surface area contributed by atoms with Crippen molar-refractivity contribution in [2.24, 2.45) is 0 Å². The summed E-state index contributed by atoms with van der Waals surface area (Å²) in [5.74, 6) is 1.88. The van der Waals surface area contributed by atoms with E-state index in [1.807, 2.05) is 77.3 Å². The smallest absolute Gasteiger partial charge is 0.164 e. The summed E-state index contributed by atoms with van der Waals surface area (Å²) in [5, 5.41) is 7.24. The van der Waals surface area contributed by atoms with E-state index in [0.717, 1.165) is 38.6 Å². The number of nitrogens with zero attached hydrogens (tertiary/aromatic N) is 3. The van der Waals surface area contributed by atoms with Crippen LogP contribution in [0.15, 0.2) is 156 Å². The molecule has 11 rings (SSSR count). The molecule has 51 heavy (non-hydrogen) atoms. The van der Waals surface area contributed by atoms with Crippen LogP contribution in [-0.4, -0.2) is 15.0 Å². The van der Waals surface area contributed by atoms with Gasteiger partial charge in [0, 0.05) is 67.8 Å². The molecule has 7 aromatic carbocycles. The van der Waals surface area contributed by atoms with Crippen molar-refractivity contribution in [1.29, 1.82) is 0 Å². The summed E-state index contributed by atoms with van der Waals surface area (Å²) in [6, 6.07) is 53.3. The number of thiophene rings is 2. The van der Waals surface area contributed by atoms with E-state index in [4.69, 9.17) is 19.4 Å². The number of benzene rings is 7. The van der Waals surface area contributed by atoms with Crippen LogP contribution >= 0.6 is 22.7 Å². The molecule has 0 N–H and O–H groups in total. The Morgan fingerprint density at radius 3 is 1.86 bits per heavy atom. The first-order valence-corrected chi connectivity index (χ1v) is 18.5. The van der Waals surface area contributed by atoms with Crippen molar-refractivity contribution in [3.05, 3.63) is 152 Å². The Balaban J connectivity index is 1.04. The first-order chi connectivity index (χ1) is 25.2. The second-order valence-electron chi connectivity index (χ2n) is 12.8. The number of rotatable bonds is 4. The number of hydrogen-bond donors (Lipinski definition) is 0. The third kappa shape index (κ3) is 4.61. The third-order valence-corrected chi connectivity index (χ3v) is 12.1. The molecule has 238 valence electrons. The van der Waals surface area contributed by atoms with Gasteiger partial charge in [-0.25, -0.2) is 15.0 Å². The predicted octanol–water partition coefficient (Wildman–Crippen LogP) is 13.2. The van der Waals surface area contributed by atoms with E-state index in [2.05, 4.69) is 97.1 Å². The average Bonchev–Trinajstić information content (AvgIpc) is 3.88. The van der Waals surface area contributed by atoms with Crippen LogP contribution in [0, 0.1) is 0 Å². The summed E-state index contributed by atoms with van der Waals surface area (Å²) in [5.41, 5.74) is 6.97. The summed E-state index contributed by atoms with van der Waals surface area (Å²) < 4.78 is 11.4. The highest BCUT2D eigenvalue weighted by Crippen LogP contribution is 2.43. The Hall–Kier alpha value is -6.21. The van der Waals surface area contributed by atoms with E-state index >= 15 is 0 Å². The number of hydrogen-bond acceptors (Lipinski definition) is 6. The number of fused-ring (bicyclic) bond motifs is 9. The summed E-state index contributed by atoms with van der Waals surface area (Å²) in [7, 11) is 0. The van der Waals surface area contributed by atoms with E-state index in [-0.39, 0.29) is 0 Å². The SMILES string of the molecule is c1ccc(-c2nc(-c3ccc4c(c3)oc3ccccc34)nc(-c3ccc4sc5cc(-c6cccc7c6sc6ccccc67)ccc5c4c3)n2)cc1. The first-order valence-electron chi connectivity index (χ1n) is 16.8. The second-order valence-corrected chi connectivity index (χ2v) is 14.9. The van der Waals surface area contributed by atoms with Crippen LogP contribution in [0.2, 0.25) is 0 Å².